The van der Waals surface area contributed by atoms with Crippen LogP contribution in [0.5, 0.6) is 0 Å². The molecule has 0 spiro atoms. The predicted octanol–water partition coefficient (Wildman–Crippen LogP) is 5.71. The number of aryl methyl sites for hydroxylation is 2. The van der Waals surface area contributed by atoms with Crippen molar-refractivity contribution in [2.24, 2.45) is 0 Å². The largest absolute Gasteiger partial charge is 0.366 e. The lowest BCUT2D eigenvalue weighted by Gasteiger charge is -2.15. The van der Waals surface area contributed by atoms with E-state index in [4.69, 9.17) is 4.98 Å². The third kappa shape index (κ3) is 3.34. The number of benzene rings is 2. The number of aromatic nitrogens is 1. The highest BCUT2D eigenvalue weighted by atomic mass is 79.9. The minimum absolute atomic E-state index is 0.395. The summed E-state index contributed by atoms with van der Waals surface area (Å²) in [6, 6.07) is 20.0. The lowest BCUT2D eigenvalue weighted by molar-refractivity contribution is 0.767. The molecular formula is C22H21BrN2. The molecule has 3 aromatic rings. The number of hydrogen-bond donors (Lipinski definition) is 1. The number of nitrogens with one attached hydrogen (secondary N) is 1. The third-order valence-corrected chi connectivity index (χ3v) is 5.61. The quantitative estimate of drug-likeness (QED) is 0.617. The van der Waals surface area contributed by atoms with E-state index in [1.807, 2.05) is 0 Å². The summed E-state index contributed by atoms with van der Waals surface area (Å²) in [6.07, 6.45) is 2.09. The summed E-state index contributed by atoms with van der Waals surface area (Å²) in [5.41, 5.74) is 7.74. The molecule has 126 valence electrons. The molecule has 1 N–H and O–H groups in total. The minimum Gasteiger partial charge on any atom is -0.366 e. The first-order valence-electron chi connectivity index (χ1n) is 8.67. The van der Waals surface area contributed by atoms with Gasteiger partial charge >= 0.3 is 0 Å². The first kappa shape index (κ1) is 16.3. The summed E-state index contributed by atoms with van der Waals surface area (Å²) < 4.78 is 1.04. The zero-order valence-electron chi connectivity index (χ0n) is 14.5. The number of fused-ring (bicyclic) bond motifs is 1. The second-order valence-electron chi connectivity index (χ2n) is 6.82. The van der Waals surface area contributed by atoms with Gasteiger partial charge in [-0.3, -0.25) is 0 Å². The molecule has 3 heteroatoms. The van der Waals surface area contributed by atoms with Gasteiger partial charge in [-0.2, -0.15) is 0 Å². The molecule has 1 aromatic heterocycles. The fourth-order valence-electron chi connectivity index (χ4n) is 3.50. The van der Waals surface area contributed by atoms with E-state index in [1.165, 1.54) is 27.8 Å². The van der Waals surface area contributed by atoms with Crippen molar-refractivity contribution in [3.63, 3.8) is 0 Å². The zero-order chi connectivity index (χ0) is 17.4. The topological polar surface area (TPSA) is 24.9 Å². The van der Waals surface area contributed by atoms with Crippen molar-refractivity contribution >= 4 is 21.7 Å². The Balaban J connectivity index is 1.55. The lowest BCUT2D eigenvalue weighted by atomic mass is 10.0. The SMILES string of the molecule is Cc1cc(Br)c(NC2Cc3ccc(-c4ccccc4)cc3C2)nc1C. The summed E-state index contributed by atoms with van der Waals surface area (Å²) in [5, 5.41) is 3.63. The highest BCUT2D eigenvalue weighted by molar-refractivity contribution is 9.10. The van der Waals surface area contributed by atoms with Gasteiger partial charge in [0.15, 0.2) is 0 Å². The van der Waals surface area contributed by atoms with Crippen molar-refractivity contribution in [1.29, 1.82) is 0 Å². The van der Waals surface area contributed by atoms with Gasteiger partial charge in [0, 0.05) is 11.7 Å². The van der Waals surface area contributed by atoms with Crippen molar-refractivity contribution in [1.82, 2.24) is 4.98 Å². The van der Waals surface area contributed by atoms with Crippen LogP contribution in [-0.4, -0.2) is 11.0 Å². The monoisotopic (exact) mass is 392 g/mol. The average Bonchev–Trinajstić information content (AvgIpc) is 3.02. The summed E-state index contributed by atoms with van der Waals surface area (Å²) in [4.78, 5) is 4.71. The van der Waals surface area contributed by atoms with Gasteiger partial charge in [-0.25, -0.2) is 4.98 Å². The fourth-order valence-corrected chi connectivity index (χ4v) is 4.04. The van der Waals surface area contributed by atoms with Gasteiger partial charge in [-0.15, -0.1) is 0 Å². The molecule has 2 aromatic carbocycles. The number of hydrogen-bond acceptors (Lipinski definition) is 2. The van der Waals surface area contributed by atoms with Crippen molar-refractivity contribution in [2.75, 3.05) is 5.32 Å². The lowest BCUT2D eigenvalue weighted by Crippen LogP contribution is -2.20. The van der Waals surface area contributed by atoms with Crippen molar-refractivity contribution in [2.45, 2.75) is 32.7 Å². The smallest absolute Gasteiger partial charge is 0.140 e. The molecule has 25 heavy (non-hydrogen) atoms. The van der Waals surface area contributed by atoms with Crippen molar-refractivity contribution < 1.29 is 0 Å². The zero-order valence-corrected chi connectivity index (χ0v) is 16.1. The van der Waals surface area contributed by atoms with E-state index in [0.717, 1.165) is 28.8 Å². The van der Waals surface area contributed by atoms with Crippen LogP contribution in [0.15, 0.2) is 59.1 Å². The molecule has 0 amide bonds. The molecule has 4 rings (SSSR count). The van der Waals surface area contributed by atoms with E-state index in [0.29, 0.717) is 6.04 Å². The van der Waals surface area contributed by atoms with Gasteiger partial charge in [-0.1, -0.05) is 48.5 Å². The molecule has 1 unspecified atom stereocenters. The number of halogens is 1. The third-order valence-electron chi connectivity index (χ3n) is 5.01. The Morgan fingerprint density at radius 3 is 2.48 bits per heavy atom. The van der Waals surface area contributed by atoms with Gasteiger partial charge < -0.3 is 5.32 Å². The Kier molecular flexibility index (Phi) is 4.34. The van der Waals surface area contributed by atoms with E-state index >= 15 is 0 Å². The highest BCUT2D eigenvalue weighted by Crippen LogP contribution is 2.31. The Labute approximate surface area is 157 Å². The molecule has 2 nitrogen and oxygen atoms in total. The molecule has 1 atom stereocenters. The van der Waals surface area contributed by atoms with Crippen LogP contribution >= 0.6 is 15.9 Å². The molecular weight excluding hydrogens is 372 g/mol. The van der Waals surface area contributed by atoms with E-state index < -0.39 is 0 Å². The molecule has 1 aliphatic rings. The van der Waals surface area contributed by atoms with Gasteiger partial charge in [-0.05, 0) is 76.5 Å². The minimum atomic E-state index is 0.395. The summed E-state index contributed by atoms with van der Waals surface area (Å²) in [7, 11) is 0. The standard InChI is InChI=1S/C22H21BrN2/c1-14-10-21(23)22(24-15(14)2)25-20-12-18-9-8-17(11-19(18)13-20)16-6-4-3-5-7-16/h3-11,20H,12-13H2,1-2H3,(H,24,25). The molecule has 0 saturated carbocycles. The predicted molar refractivity (Wildman–Crippen MR) is 108 cm³/mol. The first-order chi connectivity index (χ1) is 12.1. The van der Waals surface area contributed by atoms with Crippen LogP contribution in [0.2, 0.25) is 0 Å². The first-order valence-corrected chi connectivity index (χ1v) is 9.47. The number of nitrogens with zero attached hydrogens (tertiary/aromatic N) is 1. The van der Waals surface area contributed by atoms with Gasteiger partial charge in [0.05, 0.1) is 4.47 Å². The summed E-state index contributed by atoms with van der Waals surface area (Å²) >= 11 is 3.64. The second kappa shape index (κ2) is 6.64. The van der Waals surface area contributed by atoms with Gasteiger partial charge in [0.1, 0.15) is 5.82 Å². The van der Waals surface area contributed by atoms with Gasteiger partial charge in [0.2, 0.25) is 0 Å². The molecule has 0 radical (unpaired) electrons. The van der Waals surface area contributed by atoms with Crippen LogP contribution in [-0.2, 0) is 12.8 Å². The Bertz CT molecular complexity index is 919. The molecule has 1 heterocycles. The molecule has 0 aliphatic heterocycles. The normalized spacial score (nSPS) is 15.9. The van der Waals surface area contributed by atoms with Crippen LogP contribution in [0.4, 0.5) is 5.82 Å². The number of rotatable bonds is 3. The van der Waals surface area contributed by atoms with E-state index in [9.17, 15) is 0 Å². The average molecular weight is 393 g/mol. The Morgan fingerprint density at radius 2 is 1.68 bits per heavy atom. The highest BCUT2D eigenvalue weighted by Gasteiger charge is 2.23. The Hall–Kier alpha value is -2.13. The molecule has 1 aliphatic carbocycles. The summed E-state index contributed by atoms with van der Waals surface area (Å²) in [5.74, 6) is 0.948. The van der Waals surface area contributed by atoms with Crippen molar-refractivity contribution in [3.8, 4) is 11.1 Å². The summed E-state index contributed by atoms with van der Waals surface area (Å²) in [6.45, 7) is 4.15. The van der Waals surface area contributed by atoms with Crippen LogP contribution in [0.1, 0.15) is 22.4 Å². The fraction of sp³-hybridized carbons (Fsp3) is 0.227. The van der Waals surface area contributed by atoms with E-state index in [1.54, 1.807) is 0 Å². The Morgan fingerprint density at radius 1 is 0.920 bits per heavy atom. The second-order valence-corrected chi connectivity index (χ2v) is 7.67. The van der Waals surface area contributed by atoms with Crippen molar-refractivity contribution in [3.05, 3.63) is 81.5 Å². The molecule has 0 bridgehead atoms. The van der Waals surface area contributed by atoms with Crippen LogP contribution < -0.4 is 5.32 Å². The van der Waals surface area contributed by atoms with Gasteiger partial charge in [0.25, 0.3) is 0 Å². The van der Waals surface area contributed by atoms with E-state index in [2.05, 4.69) is 89.7 Å². The van der Waals surface area contributed by atoms with Crippen LogP contribution in [0, 0.1) is 13.8 Å². The molecule has 0 saturated heterocycles. The van der Waals surface area contributed by atoms with E-state index in [-0.39, 0.29) is 0 Å². The number of anilines is 1. The molecule has 0 fully saturated rings. The maximum atomic E-state index is 4.71. The maximum absolute atomic E-state index is 4.71. The maximum Gasteiger partial charge on any atom is 0.140 e. The number of pyridine rings is 1. The van der Waals surface area contributed by atoms with Crippen LogP contribution in [0.3, 0.4) is 0 Å². The van der Waals surface area contributed by atoms with Crippen LogP contribution in [0.25, 0.3) is 11.1 Å².